The third-order valence-corrected chi connectivity index (χ3v) is 4.89. The minimum absolute atomic E-state index is 0.00438. The van der Waals surface area contributed by atoms with Crippen molar-refractivity contribution in [1.82, 2.24) is 9.97 Å². The number of anilines is 2. The standard InChI is InChI=1S/C12H14N4O2S2/c17-10(18)7-9-8-20-12(14-9)16-4-2-15(3-5-16)11-13-1-6-19-11/h1,6,8H,2-5,7H2,(H,17,18). The molecule has 2 aromatic rings. The quantitative estimate of drug-likeness (QED) is 0.924. The van der Waals surface area contributed by atoms with Gasteiger partial charge in [0.05, 0.1) is 12.1 Å². The molecule has 3 rings (SSSR count). The Kier molecular flexibility index (Phi) is 3.83. The molecule has 0 radical (unpaired) electrons. The summed E-state index contributed by atoms with van der Waals surface area (Å²) in [5, 5.41) is 14.6. The number of thiazole rings is 2. The summed E-state index contributed by atoms with van der Waals surface area (Å²) in [5.74, 6) is -0.838. The lowest BCUT2D eigenvalue weighted by Crippen LogP contribution is -2.46. The second-order valence-electron chi connectivity index (χ2n) is 4.48. The van der Waals surface area contributed by atoms with Crippen LogP contribution in [0.5, 0.6) is 0 Å². The highest BCUT2D eigenvalue weighted by molar-refractivity contribution is 7.14. The maximum atomic E-state index is 10.7. The molecule has 1 aliphatic rings. The lowest BCUT2D eigenvalue weighted by atomic mass is 10.3. The Balaban J connectivity index is 1.60. The van der Waals surface area contributed by atoms with E-state index in [2.05, 4.69) is 19.8 Å². The van der Waals surface area contributed by atoms with Gasteiger partial charge in [0.1, 0.15) is 0 Å². The predicted molar refractivity (Wildman–Crippen MR) is 80.0 cm³/mol. The fourth-order valence-corrected chi connectivity index (χ4v) is 3.71. The molecule has 20 heavy (non-hydrogen) atoms. The van der Waals surface area contributed by atoms with Crippen LogP contribution in [-0.2, 0) is 11.2 Å². The molecule has 0 aromatic carbocycles. The number of rotatable bonds is 4. The van der Waals surface area contributed by atoms with Gasteiger partial charge in [0.15, 0.2) is 10.3 Å². The van der Waals surface area contributed by atoms with Crippen molar-refractivity contribution in [3.05, 3.63) is 22.7 Å². The van der Waals surface area contributed by atoms with Crippen LogP contribution in [0.1, 0.15) is 5.69 Å². The van der Waals surface area contributed by atoms with E-state index in [-0.39, 0.29) is 6.42 Å². The fourth-order valence-electron chi connectivity index (χ4n) is 2.14. The Hall–Kier alpha value is -1.67. The summed E-state index contributed by atoms with van der Waals surface area (Å²) in [6.45, 7) is 3.61. The van der Waals surface area contributed by atoms with Gasteiger partial charge < -0.3 is 14.9 Å². The highest BCUT2D eigenvalue weighted by Crippen LogP contribution is 2.24. The zero-order valence-corrected chi connectivity index (χ0v) is 12.4. The second kappa shape index (κ2) is 5.76. The molecule has 6 nitrogen and oxygen atoms in total. The minimum atomic E-state index is -0.838. The number of aliphatic carboxylic acids is 1. The molecule has 1 N–H and O–H groups in total. The predicted octanol–water partition coefficient (Wildman–Crippen LogP) is 1.55. The van der Waals surface area contributed by atoms with E-state index in [0.717, 1.165) is 36.4 Å². The normalized spacial score (nSPS) is 15.6. The van der Waals surface area contributed by atoms with Crippen LogP contribution in [-0.4, -0.2) is 47.2 Å². The van der Waals surface area contributed by atoms with Crippen LogP contribution >= 0.6 is 22.7 Å². The number of hydrogen-bond acceptors (Lipinski definition) is 7. The number of carboxylic acid groups (broad SMARTS) is 1. The van der Waals surface area contributed by atoms with Crippen molar-refractivity contribution in [2.24, 2.45) is 0 Å². The number of hydrogen-bond donors (Lipinski definition) is 1. The molecule has 1 fully saturated rings. The summed E-state index contributed by atoms with van der Waals surface area (Å²) in [4.78, 5) is 23.9. The third-order valence-electron chi connectivity index (χ3n) is 3.11. The van der Waals surface area contributed by atoms with Crippen LogP contribution in [0, 0.1) is 0 Å². The van der Waals surface area contributed by atoms with Crippen LogP contribution in [0.2, 0.25) is 0 Å². The average Bonchev–Trinajstić information content (AvgIpc) is 3.09. The molecule has 3 heterocycles. The van der Waals surface area contributed by atoms with Gasteiger partial charge >= 0.3 is 5.97 Å². The summed E-state index contributed by atoms with van der Waals surface area (Å²) in [6.07, 6.45) is 1.82. The molecule has 0 saturated carbocycles. The van der Waals surface area contributed by atoms with Gasteiger partial charge in [0, 0.05) is 43.1 Å². The molecule has 0 atom stereocenters. The highest BCUT2D eigenvalue weighted by atomic mass is 32.1. The Morgan fingerprint density at radius 2 is 1.90 bits per heavy atom. The van der Waals surface area contributed by atoms with Crippen molar-refractivity contribution in [3.8, 4) is 0 Å². The average molecular weight is 310 g/mol. The fraction of sp³-hybridized carbons (Fsp3) is 0.417. The summed E-state index contributed by atoms with van der Waals surface area (Å²) in [5.41, 5.74) is 0.639. The molecule has 0 bridgehead atoms. The SMILES string of the molecule is O=C(O)Cc1csc(N2CCN(c3nccs3)CC2)n1. The van der Waals surface area contributed by atoms with Crippen LogP contribution < -0.4 is 9.80 Å². The van der Waals surface area contributed by atoms with Crippen molar-refractivity contribution in [2.75, 3.05) is 36.0 Å². The molecular weight excluding hydrogens is 296 g/mol. The molecule has 0 aliphatic carbocycles. The summed E-state index contributed by atoms with van der Waals surface area (Å²) in [7, 11) is 0. The van der Waals surface area contributed by atoms with E-state index in [9.17, 15) is 4.79 Å². The zero-order valence-electron chi connectivity index (χ0n) is 10.7. The smallest absolute Gasteiger partial charge is 0.309 e. The first-order chi connectivity index (χ1) is 9.72. The topological polar surface area (TPSA) is 69.6 Å². The van der Waals surface area contributed by atoms with Gasteiger partial charge in [0.25, 0.3) is 0 Å². The van der Waals surface area contributed by atoms with E-state index >= 15 is 0 Å². The first kappa shape index (κ1) is 13.3. The van der Waals surface area contributed by atoms with E-state index in [0.29, 0.717) is 5.69 Å². The van der Waals surface area contributed by atoms with Gasteiger partial charge in [-0.3, -0.25) is 4.79 Å². The molecule has 106 valence electrons. The van der Waals surface area contributed by atoms with Gasteiger partial charge in [-0.1, -0.05) is 0 Å². The van der Waals surface area contributed by atoms with E-state index in [4.69, 9.17) is 5.11 Å². The van der Waals surface area contributed by atoms with E-state index in [1.807, 2.05) is 17.0 Å². The maximum Gasteiger partial charge on any atom is 0.309 e. The molecule has 8 heteroatoms. The lowest BCUT2D eigenvalue weighted by molar-refractivity contribution is -0.136. The number of piperazine rings is 1. The van der Waals surface area contributed by atoms with Crippen molar-refractivity contribution in [2.45, 2.75) is 6.42 Å². The first-order valence-corrected chi connectivity index (χ1v) is 8.04. The molecule has 1 saturated heterocycles. The van der Waals surface area contributed by atoms with Crippen LogP contribution in [0.4, 0.5) is 10.3 Å². The Bertz CT molecular complexity index is 576. The largest absolute Gasteiger partial charge is 0.481 e. The molecule has 0 unspecified atom stereocenters. The second-order valence-corrected chi connectivity index (χ2v) is 6.19. The van der Waals surface area contributed by atoms with Gasteiger partial charge in [-0.2, -0.15) is 0 Å². The van der Waals surface area contributed by atoms with Crippen molar-refractivity contribution in [3.63, 3.8) is 0 Å². The Morgan fingerprint density at radius 1 is 1.20 bits per heavy atom. The highest BCUT2D eigenvalue weighted by Gasteiger charge is 2.21. The molecule has 0 spiro atoms. The molecule has 2 aromatic heterocycles. The Morgan fingerprint density at radius 3 is 2.50 bits per heavy atom. The summed E-state index contributed by atoms with van der Waals surface area (Å²) < 4.78 is 0. The third kappa shape index (κ3) is 2.91. The van der Waals surface area contributed by atoms with E-state index in [1.54, 1.807) is 11.3 Å². The van der Waals surface area contributed by atoms with Crippen molar-refractivity contribution in [1.29, 1.82) is 0 Å². The van der Waals surface area contributed by atoms with Gasteiger partial charge in [0.2, 0.25) is 0 Å². The van der Waals surface area contributed by atoms with Gasteiger partial charge in [-0.25, -0.2) is 9.97 Å². The minimum Gasteiger partial charge on any atom is -0.481 e. The molecule has 0 amide bonds. The number of nitrogens with zero attached hydrogens (tertiary/aromatic N) is 4. The summed E-state index contributed by atoms with van der Waals surface area (Å²) in [6, 6.07) is 0. The van der Waals surface area contributed by atoms with Crippen LogP contribution in [0.15, 0.2) is 17.0 Å². The van der Waals surface area contributed by atoms with Crippen molar-refractivity contribution >= 4 is 38.9 Å². The van der Waals surface area contributed by atoms with Crippen LogP contribution in [0.3, 0.4) is 0 Å². The first-order valence-electron chi connectivity index (χ1n) is 6.28. The number of carbonyl (C=O) groups is 1. The van der Waals surface area contributed by atoms with Gasteiger partial charge in [-0.05, 0) is 0 Å². The van der Waals surface area contributed by atoms with Gasteiger partial charge in [-0.15, -0.1) is 22.7 Å². The zero-order chi connectivity index (χ0) is 13.9. The van der Waals surface area contributed by atoms with E-state index < -0.39 is 5.97 Å². The van der Waals surface area contributed by atoms with Crippen molar-refractivity contribution < 1.29 is 9.90 Å². The van der Waals surface area contributed by atoms with Crippen LogP contribution in [0.25, 0.3) is 0 Å². The lowest BCUT2D eigenvalue weighted by Gasteiger charge is -2.34. The molecule has 1 aliphatic heterocycles. The Labute approximate surface area is 124 Å². The summed E-state index contributed by atoms with van der Waals surface area (Å²) >= 11 is 3.17. The number of carboxylic acids is 1. The maximum absolute atomic E-state index is 10.7. The number of aromatic nitrogens is 2. The van der Waals surface area contributed by atoms with E-state index in [1.165, 1.54) is 11.3 Å². The monoisotopic (exact) mass is 310 g/mol. The molecular formula is C12H14N4O2S2.